The third-order valence-electron chi connectivity index (χ3n) is 3.02. The van der Waals surface area contributed by atoms with Gasteiger partial charge < -0.3 is 9.47 Å². The number of aryl methyl sites for hydroxylation is 1. The van der Waals surface area contributed by atoms with Crippen molar-refractivity contribution in [1.82, 2.24) is 0 Å². The second-order valence-corrected chi connectivity index (χ2v) is 5.45. The fourth-order valence-electron chi connectivity index (χ4n) is 2.07. The third kappa shape index (κ3) is 2.61. The molecule has 3 rings (SSSR count). The summed E-state index contributed by atoms with van der Waals surface area (Å²) in [4.78, 5) is 13.3. The summed E-state index contributed by atoms with van der Waals surface area (Å²) in [5.41, 5.74) is 2.51. The van der Waals surface area contributed by atoms with E-state index in [9.17, 15) is 4.79 Å². The average Bonchev–Trinajstić information content (AvgIpc) is 3.08. The lowest BCUT2D eigenvalue weighted by atomic mass is 10.0. The first-order valence-electron chi connectivity index (χ1n) is 6.17. The van der Waals surface area contributed by atoms with Crippen molar-refractivity contribution in [3.63, 3.8) is 0 Å². The average molecular weight is 274 g/mol. The minimum atomic E-state index is -0.302. The van der Waals surface area contributed by atoms with Crippen LogP contribution in [0.2, 0.25) is 0 Å². The zero-order chi connectivity index (χ0) is 13.2. The van der Waals surface area contributed by atoms with Crippen LogP contribution < -0.4 is 0 Å². The van der Waals surface area contributed by atoms with Crippen LogP contribution in [-0.4, -0.2) is 19.0 Å². The smallest absolute Gasteiger partial charge is 0.193 e. The predicted octanol–water partition coefficient (Wildman–Crippen LogP) is 3.33. The van der Waals surface area contributed by atoms with Gasteiger partial charge in [0.1, 0.15) is 0 Å². The number of rotatable bonds is 3. The lowest BCUT2D eigenvalue weighted by Crippen LogP contribution is -2.00. The monoisotopic (exact) mass is 274 g/mol. The van der Waals surface area contributed by atoms with E-state index in [4.69, 9.17) is 9.47 Å². The molecule has 4 heteroatoms. The van der Waals surface area contributed by atoms with Gasteiger partial charge in [-0.05, 0) is 19.1 Å². The Morgan fingerprint density at radius 3 is 2.74 bits per heavy atom. The van der Waals surface area contributed by atoms with Crippen molar-refractivity contribution in [3.05, 3.63) is 57.3 Å². The van der Waals surface area contributed by atoms with Gasteiger partial charge in [-0.3, -0.25) is 4.79 Å². The highest BCUT2D eigenvalue weighted by Gasteiger charge is 2.21. The zero-order valence-electron chi connectivity index (χ0n) is 10.6. The standard InChI is InChI=1S/C15H14O3S/c1-10-3-2-4-11(7-10)14(16)12-8-13(19-9-12)15-17-5-6-18-15/h2-4,7-9,15H,5-6H2,1H3. The van der Waals surface area contributed by atoms with Crippen molar-refractivity contribution in [2.45, 2.75) is 13.2 Å². The van der Waals surface area contributed by atoms with Gasteiger partial charge in [0.15, 0.2) is 12.1 Å². The normalized spacial score (nSPS) is 15.8. The number of hydrogen-bond acceptors (Lipinski definition) is 4. The van der Waals surface area contributed by atoms with E-state index in [1.54, 1.807) is 0 Å². The summed E-state index contributed by atoms with van der Waals surface area (Å²) in [6, 6.07) is 9.50. The molecule has 0 atom stereocenters. The Morgan fingerprint density at radius 2 is 2.00 bits per heavy atom. The molecule has 0 unspecified atom stereocenters. The summed E-state index contributed by atoms with van der Waals surface area (Å²) >= 11 is 1.50. The number of ether oxygens (including phenoxy) is 2. The summed E-state index contributed by atoms with van der Waals surface area (Å²) in [5, 5.41) is 1.87. The van der Waals surface area contributed by atoms with Crippen LogP contribution in [0.1, 0.15) is 32.7 Å². The van der Waals surface area contributed by atoms with Crippen molar-refractivity contribution in [3.8, 4) is 0 Å². The SMILES string of the molecule is Cc1cccc(C(=O)c2csc(C3OCCO3)c2)c1. The van der Waals surface area contributed by atoms with Crippen LogP contribution in [-0.2, 0) is 9.47 Å². The fraction of sp³-hybridized carbons (Fsp3) is 0.267. The van der Waals surface area contributed by atoms with Crippen LogP contribution in [0.15, 0.2) is 35.7 Å². The van der Waals surface area contributed by atoms with E-state index in [-0.39, 0.29) is 12.1 Å². The molecule has 0 radical (unpaired) electrons. The molecule has 0 bridgehead atoms. The molecule has 1 aromatic heterocycles. The highest BCUT2D eigenvalue weighted by molar-refractivity contribution is 7.10. The second-order valence-electron chi connectivity index (χ2n) is 4.51. The molecule has 0 aliphatic carbocycles. The summed E-state index contributed by atoms with van der Waals surface area (Å²) in [5.74, 6) is 0.0456. The fourth-order valence-corrected chi connectivity index (χ4v) is 2.95. The Balaban J connectivity index is 1.84. The molecule has 2 heterocycles. The van der Waals surface area contributed by atoms with Gasteiger partial charge >= 0.3 is 0 Å². The maximum Gasteiger partial charge on any atom is 0.193 e. The predicted molar refractivity (Wildman–Crippen MR) is 73.6 cm³/mol. The number of thiophene rings is 1. The van der Waals surface area contributed by atoms with Gasteiger partial charge in [0.05, 0.1) is 18.1 Å². The molecule has 1 aliphatic heterocycles. The summed E-state index contributed by atoms with van der Waals surface area (Å²) in [6.45, 7) is 3.21. The molecule has 1 aliphatic rings. The van der Waals surface area contributed by atoms with Crippen LogP contribution in [0.4, 0.5) is 0 Å². The van der Waals surface area contributed by atoms with Crippen LogP contribution >= 0.6 is 11.3 Å². The van der Waals surface area contributed by atoms with E-state index in [2.05, 4.69) is 0 Å². The van der Waals surface area contributed by atoms with Gasteiger partial charge in [-0.15, -0.1) is 11.3 Å². The first-order valence-corrected chi connectivity index (χ1v) is 7.05. The quantitative estimate of drug-likeness (QED) is 0.805. The molecule has 98 valence electrons. The second kappa shape index (κ2) is 5.25. The van der Waals surface area contributed by atoms with Crippen LogP contribution in [0.3, 0.4) is 0 Å². The minimum absolute atomic E-state index is 0.0456. The van der Waals surface area contributed by atoms with Gasteiger partial charge in [0.25, 0.3) is 0 Å². The number of benzene rings is 1. The van der Waals surface area contributed by atoms with Gasteiger partial charge in [0, 0.05) is 16.5 Å². The van der Waals surface area contributed by atoms with Crippen molar-refractivity contribution in [2.75, 3.05) is 13.2 Å². The third-order valence-corrected chi connectivity index (χ3v) is 3.97. The summed E-state index contributed by atoms with van der Waals surface area (Å²) in [6.07, 6.45) is -0.302. The van der Waals surface area contributed by atoms with Crippen LogP contribution in [0.25, 0.3) is 0 Å². The topological polar surface area (TPSA) is 35.5 Å². The molecule has 1 fully saturated rings. The first-order chi connectivity index (χ1) is 9.24. The summed E-state index contributed by atoms with van der Waals surface area (Å²) in [7, 11) is 0. The van der Waals surface area contributed by atoms with E-state index < -0.39 is 0 Å². The van der Waals surface area contributed by atoms with Crippen molar-refractivity contribution < 1.29 is 14.3 Å². The van der Waals surface area contributed by atoms with E-state index >= 15 is 0 Å². The number of hydrogen-bond donors (Lipinski definition) is 0. The Kier molecular flexibility index (Phi) is 3.46. The van der Waals surface area contributed by atoms with E-state index in [1.807, 2.05) is 42.6 Å². The van der Waals surface area contributed by atoms with E-state index in [1.165, 1.54) is 11.3 Å². The summed E-state index contributed by atoms with van der Waals surface area (Å²) < 4.78 is 10.9. The van der Waals surface area contributed by atoms with Gasteiger partial charge in [-0.2, -0.15) is 0 Å². The maximum atomic E-state index is 12.4. The molecule has 2 aromatic rings. The molecule has 0 spiro atoms. The largest absolute Gasteiger partial charge is 0.345 e. The molecule has 0 saturated carbocycles. The molecule has 3 nitrogen and oxygen atoms in total. The van der Waals surface area contributed by atoms with Crippen molar-refractivity contribution in [2.24, 2.45) is 0 Å². The van der Waals surface area contributed by atoms with Crippen LogP contribution in [0, 0.1) is 6.92 Å². The Labute approximate surface area is 115 Å². The molecule has 19 heavy (non-hydrogen) atoms. The van der Waals surface area contributed by atoms with Crippen LogP contribution in [0.5, 0.6) is 0 Å². The molecular weight excluding hydrogens is 260 g/mol. The van der Waals surface area contributed by atoms with Gasteiger partial charge in [-0.1, -0.05) is 23.8 Å². The Hall–Kier alpha value is -1.49. The number of ketones is 1. The molecule has 0 N–H and O–H groups in total. The number of carbonyl (C=O) groups is 1. The van der Waals surface area contributed by atoms with Gasteiger partial charge in [-0.25, -0.2) is 0 Å². The highest BCUT2D eigenvalue weighted by Crippen LogP contribution is 2.29. The van der Waals surface area contributed by atoms with Crippen molar-refractivity contribution >= 4 is 17.1 Å². The highest BCUT2D eigenvalue weighted by atomic mass is 32.1. The lowest BCUT2D eigenvalue weighted by Gasteiger charge is -2.04. The maximum absolute atomic E-state index is 12.4. The minimum Gasteiger partial charge on any atom is -0.345 e. The molecule has 0 amide bonds. The Bertz CT molecular complexity index is 597. The first kappa shape index (κ1) is 12.5. The van der Waals surface area contributed by atoms with Crippen molar-refractivity contribution in [1.29, 1.82) is 0 Å². The zero-order valence-corrected chi connectivity index (χ0v) is 11.4. The van der Waals surface area contributed by atoms with E-state index in [0.717, 1.165) is 16.0 Å². The molecule has 1 aromatic carbocycles. The Morgan fingerprint density at radius 1 is 1.21 bits per heavy atom. The van der Waals surface area contributed by atoms with Gasteiger partial charge in [0.2, 0.25) is 0 Å². The molecule has 1 saturated heterocycles. The lowest BCUT2D eigenvalue weighted by molar-refractivity contribution is -0.0413. The number of carbonyl (C=O) groups excluding carboxylic acids is 1. The van der Waals surface area contributed by atoms with E-state index in [0.29, 0.717) is 18.8 Å². The molecular formula is C15H14O3S.